The van der Waals surface area contributed by atoms with E-state index in [1.165, 1.54) is 0 Å². The quantitative estimate of drug-likeness (QED) is 0.393. The van der Waals surface area contributed by atoms with Crippen LogP contribution in [0.3, 0.4) is 0 Å². The molecule has 0 saturated carbocycles. The van der Waals surface area contributed by atoms with Gasteiger partial charge in [-0.25, -0.2) is 0 Å². The Hall–Kier alpha value is -2.15. The molecule has 3 aromatic carbocycles. The predicted molar refractivity (Wildman–Crippen MR) is 104 cm³/mol. The third-order valence-corrected chi connectivity index (χ3v) is 4.50. The molecule has 0 aliphatic rings. The molecule has 0 fully saturated rings. The molecule has 0 atom stereocenters. The minimum Gasteiger partial charge on any atom is -0.388 e. The lowest BCUT2D eigenvalue weighted by atomic mass is 10.1. The number of anilines is 2. The van der Waals surface area contributed by atoms with Crippen LogP contribution in [0.25, 0.3) is 10.8 Å². The summed E-state index contributed by atoms with van der Waals surface area (Å²) in [6.45, 7) is 0. The van der Waals surface area contributed by atoms with E-state index in [4.69, 9.17) is 0 Å². The van der Waals surface area contributed by atoms with Crippen molar-refractivity contribution in [2.45, 2.75) is 9.79 Å². The fraction of sp³-hybridized carbons (Fsp3) is 0.0556. The summed E-state index contributed by atoms with van der Waals surface area (Å²) in [5, 5.41) is 7.71. The molecule has 6 heteroatoms. The summed E-state index contributed by atoms with van der Waals surface area (Å²) in [6, 6.07) is 16.5. The molecule has 0 unspecified atom stereocenters. The minimum absolute atomic E-state index is 0.187. The van der Waals surface area contributed by atoms with E-state index in [9.17, 15) is 9.35 Å². The first-order valence-electron chi connectivity index (χ1n) is 7.28. The Bertz CT molecular complexity index is 913. The first kappa shape index (κ1) is 16.7. The van der Waals surface area contributed by atoms with Gasteiger partial charge in [-0.05, 0) is 41.8 Å². The fourth-order valence-electron chi connectivity index (χ4n) is 2.55. The smallest absolute Gasteiger partial charge is 0.255 e. The van der Waals surface area contributed by atoms with Crippen molar-refractivity contribution >= 4 is 52.7 Å². The van der Waals surface area contributed by atoms with Crippen molar-refractivity contribution in [3.63, 3.8) is 0 Å². The highest BCUT2D eigenvalue weighted by molar-refractivity contribution is 7.93. The summed E-state index contributed by atoms with van der Waals surface area (Å²) in [5.74, 6) is -0.187. The van der Waals surface area contributed by atoms with Gasteiger partial charge in [0.1, 0.15) is 0 Å². The SMILES string of the molecule is CNc1cccc(C(=O)Nc2cccc3cc(SO)cc(S)c23)c1. The number of fused-ring (bicyclic) bond motifs is 1. The predicted octanol–water partition coefficient (Wildman–Crippen LogP) is 4.99. The number of rotatable bonds is 4. The van der Waals surface area contributed by atoms with E-state index in [2.05, 4.69) is 23.3 Å². The molecule has 3 N–H and O–H groups in total. The first-order chi connectivity index (χ1) is 11.6. The Morgan fingerprint density at radius 2 is 1.92 bits per heavy atom. The molecule has 0 spiro atoms. The van der Waals surface area contributed by atoms with E-state index in [1.807, 2.05) is 43.4 Å². The summed E-state index contributed by atoms with van der Waals surface area (Å²) >= 11 is 5.17. The largest absolute Gasteiger partial charge is 0.388 e. The van der Waals surface area contributed by atoms with Crippen molar-refractivity contribution in [2.75, 3.05) is 17.7 Å². The molecule has 4 nitrogen and oxygen atoms in total. The minimum atomic E-state index is -0.187. The van der Waals surface area contributed by atoms with Crippen LogP contribution in [0.2, 0.25) is 0 Å². The van der Waals surface area contributed by atoms with Gasteiger partial charge in [-0.15, -0.1) is 12.6 Å². The number of benzene rings is 3. The van der Waals surface area contributed by atoms with Crippen LogP contribution in [-0.4, -0.2) is 17.5 Å². The molecule has 0 saturated heterocycles. The van der Waals surface area contributed by atoms with Crippen molar-refractivity contribution in [1.82, 2.24) is 0 Å². The molecule has 122 valence electrons. The lowest BCUT2D eigenvalue weighted by molar-refractivity contribution is 0.102. The Kier molecular flexibility index (Phi) is 4.99. The number of hydrogen-bond acceptors (Lipinski definition) is 5. The van der Waals surface area contributed by atoms with E-state index < -0.39 is 0 Å². The van der Waals surface area contributed by atoms with Gasteiger partial charge in [0.25, 0.3) is 5.91 Å². The van der Waals surface area contributed by atoms with E-state index in [1.54, 1.807) is 18.2 Å². The van der Waals surface area contributed by atoms with Crippen molar-refractivity contribution in [2.24, 2.45) is 0 Å². The fourth-order valence-corrected chi connectivity index (χ4v) is 3.37. The highest BCUT2D eigenvalue weighted by Gasteiger charge is 2.11. The van der Waals surface area contributed by atoms with Gasteiger partial charge in [0, 0.05) is 51.2 Å². The van der Waals surface area contributed by atoms with Crippen LogP contribution in [0.1, 0.15) is 10.4 Å². The second kappa shape index (κ2) is 7.17. The molecule has 24 heavy (non-hydrogen) atoms. The van der Waals surface area contributed by atoms with E-state index in [-0.39, 0.29) is 5.91 Å². The van der Waals surface area contributed by atoms with Gasteiger partial charge in [-0.2, -0.15) is 0 Å². The molecule has 0 aliphatic heterocycles. The Morgan fingerprint density at radius 1 is 1.12 bits per heavy atom. The zero-order valence-corrected chi connectivity index (χ0v) is 14.6. The van der Waals surface area contributed by atoms with Crippen molar-refractivity contribution < 1.29 is 9.35 Å². The molecule has 0 aromatic heterocycles. The first-order valence-corrected chi connectivity index (χ1v) is 8.51. The van der Waals surface area contributed by atoms with Crippen LogP contribution < -0.4 is 10.6 Å². The van der Waals surface area contributed by atoms with Gasteiger partial charge in [0.2, 0.25) is 0 Å². The molecular formula is C18H16N2O2S2. The average Bonchev–Trinajstić information content (AvgIpc) is 2.61. The molecule has 0 heterocycles. The number of nitrogens with one attached hydrogen (secondary N) is 2. The Labute approximate surface area is 149 Å². The normalized spacial score (nSPS) is 10.6. The average molecular weight is 356 g/mol. The van der Waals surface area contributed by atoms with Crippen molar-refractivity contribution in [3.8, 4) is 0 Å². The summed E-state index contributed by atoms with van der Waals surface area (Å²) < 4.78 is 9.24. The highest BCUT2D eigenvalue weighted by atomic mass is 32.2. The maximum atomic E-state index is 12.6. The maximum Gasteiger partial charge on any atom is 0.255 e. The zero-order chi connectivity index (χ0) is 17.1. The summed E-state index contributed by atoms with van der Waals surface area (Å²) in [5.41, 5.74) is 2.13. The van der Waals surface area contributed by atoms with Crippen LogP contribution in [0, 0.1) is 0 Å². The van der Waals surface area contributed by atoms with Crippen molar-refractivity contribution in [1.29, 1.82) is 0 Å². The summed E-state index contributed by atoms with van der Waals surface area (Å²) in [7, 11) is 1.81. The number of thiol groups is 1. The standard InChI is InChI=1S/C18H16N2O2S2/c1-19-13-6-2-5-12(8-13)18(21)20-15-7-3-4-11-9-14(24-22)10-16(23)17(11)15/h2-10,19,22-23H,1H3,(H,20,21). The lowest BCUT2D eigenvalue weighted by Crippen LogP contribution is -2.12. The second-order valence-electron chi connectivity index (χ2n) is 5.22. The van der Waals surface area contributed by atoms with Crippen LogP contribution >= 0.6 is 24.7 Å². The molecule has 0 aliphatic carbocycles. The lowest BCUT2D eigenvalue weighted by Gasteiger charge is -2.12. The van der Waals surface area contributed by atoms with Crippen LogP contribution in [0.5, 0.6) is 0 Å². The molecule has 0 bridgehead atoms. The third-order valence-electron chi connectivity index (χ3n) is 3.70. The third kappa shape index (κ3) is 3.36. The van der Waals surface area contributed by atoms with Gasteiger partial charge in [-0.1, -0.05) is 18.2 Å². The topological polar surface area (TPSA) is 61.4 Å². The highest BCUT2D eigenvalue weighted by Crippen LogP contribution is 2.33. The molecule has 1 amide bonds. The van der Waals surface area contributed by atoms with E-state index in [0.717, 1.165) is 16.5 Å². The Balaban J connectivity index is 1.99. The number of carbonyl (C=O) groups is 1. The van der Waals surface area contributed by atoms with E-state index >= 15 is 0 Å². The van der Waals surface area contributed by atoms with Crippen LogP contribution in [0.15, 0.2) is 64.4 Å². The van der Waals surface area contributed by atoms with Gasteiger partial charge < -0.3 is 15.2 Å². The maximum absolute atomic E-state index is 12.6. The Morgan fingerprint density at radius 3 is 2.67 bits per heavy atom. The van der Waals surface area contributed by atoms with Crippen molar-refractivity contribution in [3.05, 3.63) is 60.2 Å². The molecule has 0 radical (unpaired) electrons. The van der Waals surface area contributed by atoms with Gasteiger partial charge in [0.05, 0.1) is 0 Å². The molecule has 3 rings (SSSR count). The van der Waals surface area contributed by atoms with Gasteiger partial charge >= 0.3 is 0 Å². The van der Waals surface area contributed by atoms with Gasteiger partial charge in [-0.3, -0.25) is 4.79 Å². The molecule has 3 aromatic rings. The van der Waals surface area contributed by atoms with Gasteiger partial charge in [0.15, 0.2) is 0 Å². The monoisotopic (exact) mass is 356 g/mol. The zero-order valence-electron chi connectivity index (χ0n) is 12.9. The summed E-state index contributed by atoms with van der Waals surface area (Å²) in [4.78, 5) is 14.0. The summed E-state index contributed by atoms with van der Waals surface area (Å²) in [6.07, 6.45) is 0. The number of amides is 1. The van der Waals surface area contributed by atoms with Crippen LogP contribution in [0.4, 0.5) is 11.4 Å². The second-order valence-corrected chi connectivity index (χ2v) is 6.36. The molecular weight excluding hydrogens is 340 g/mol. The number of hydrogen-bond donors (Lipinski definition) is 4. The number of carbonyl (C=O) groups excluding carboxylic acids is 1. The van der Waals surface area contributed by atoms with Crippen LogP contribution in [-0.2, 0) is 0 Å². The van der Waals surface area contributed by atoms with E-state index in [0.29, 0.717) is 33.1 Å².